The Morgan fingerprint density at radius 2 is 2.05 bits per heavy atom. The van der Waals surface area contributed by atoms with Gasteiger partial charge in [-0.3, -0.25) is 0 Å². The van der Waals surface area contributed by atoms with Crippen LogP contribution < -0.4 is 10.1 Å². The van der Waals surface area contributed by atoms with Crippen LogP contribution in [0, 0.1) is 0 Å². The zero-order chi connectivity index (χ0) is 14.5. The van der Waals surface area contributed by atoms with Gasteiger partial charge in [-0.1, -0.05) is 19.9 Å². The van der Waals surface area contributed by atoms with Crippen LogP contribution in [0.3, 0.4) is 0 Å². The summed E-state index contributed by atoms with van der Waals surface area (Å²) < 4.78 is 8.44. The first-order chi connectivity index (χ1) is 9.58. The minimum atomic E-state index is 0.510. The predicted molar refractivity (Wildman–Crippen MR) is 86.2 cm³/mol. The summed E-state index contributed by atoms with van der Waals surface area (Å²) in [6.07, 6.45) is 4.31. The second-order valence-electron chi connectivity index (χ2n) is 5.20. The molecule has 108 valence electrons. The lowest BCUT2D eigenvalue weighted by molar-refractivity contribution is 0.412. The van der Waals surface area contributed by atoms with Gasteiger partial charge in [0.1, 0.15) is 5.75 Å². The highest BCUT2D eigenvalue weighted by atomic mass is 79.9. The Labute approximate surface area is 129 Å². The second-order valence-corrected chi connectivity index (χ2v) is 6.05. The molecule has 0 fully saturated rings. The lowest BCUT2D eigenvalue weighted by atomic mass is 10.2. The number of ether oxygens (including phenoxy) is 1. The zero-order valence-electron chi connectivity index (χ0n) is 12.2. The Morgan fingerprint density at radius 1 is 1.25 bits per heavy atom. The number of benzene rings is 1. The predicted octanol–water partition coefficient (Wildman–Crippen LogP) is 3.81. The molecule has 2 rings (SSSR count). The lowest BCUT2D eigenvalue weighted by Gasteiger charge is -2.08. The third-order valence-corrected chi connectivity index (χ3v) is 3.73. The summed E-state index contributed by atoms with van der Waals surface area (Å²) in [6, 6.07) is 8.86. The number of nitrogens with one attached hydrogen (secondary N) is 1. The molecular formula is C16H21BrN2O. The Bertz CT molecular complexity index is 563. The Morgan fingerprint density at radius 3 is 2.70 bits per heavy atom. The van der Waals surface area contributed by atoms with Crippen molar-refractivity contribution in [3.05, 3.63) is 52.3 Å². The molecule has 20 heavy (non-hydrogen) atoms. The number of rotatable bonds is 6. The van der Waals surface area contributed by atoms with Crippen LogP contribution in [0.4, 0.5) is 0 Å². The van der Waals surface area contributed by atoms with Crippen LogP contribution in [0.15, 0.2) is 41.1 Å². The molecule has 1 heterocycles. The average Bonchev–Trinajstić information content (AvgIpc) is 2.84. The SMILES string of the molecule is COc1ccc(Cn2ccc(CNC(C)C)c2)cc1Br. The molecule has 0 unspecified atom stereocenters. The summed E-state index contributed by atoms with van der Waals surface area (Å²) in [4.78, 5) is 0. The fourth-order valence-electron chi connectivity index (χ4n) is 2.03. The maximum absolute atomic E-state index is 5.25. The van der Waals surface area contributed by atoms with Gasteiger partial charge in [-0.05, 0) is 45.3 Å². The maximum atomic E-state index is 5.25. The van der Waals surface area contributed by atoms with Gasteiger partial charge in [0.2, 0.25) is 0 Å². The number of aromatic nitrogens is 1. The molecule has 0 saturated heterocycles. The van der Waals surface area contributed by atoms with E-state index in [1.165, 1.54) is 11.1 Å². The highest BCUT2D eigenvalue weighted by Crippen LogP contribution is 2.25. The molecule has 1 N–H and O–H groups in total. The summed E-state index contributed by atoms with van der Waals surface area (Å²) in [5, 5.41) is 3.43. The fourth-order valence-corrected chi connectivity index (χ4v) is 2.62. The van der Waals surface area contributed by atoms with E-state index in [9.17, 15) is 0 Å². The van der Waals surface area contributed by atoms with Crippen LogP contribution in [0.2, 0.25) is 0 Å². The first-order valence-electron chi connectivity index (χ1n) is 6.79. The van der Waals surface area contributed by atoms with Gasteiger partial charge in [0.25, 0.3) is 0 Å². The minimum absolute atomic E-state index is 0.510. The third kappa shape index (κ3) is 4.12. The molecule has 0 aliphatic heterocycles. The number of methoxy groups -OCH3 is 1. The number of halogens is 1. The lowest BCUT2D eigenvalue weighted by Crippen LogP contribution is -2.21. The van der Waals surface area contributed by atoms with Crippen LogP contribution >= 0.6 is 15.9 Å². The third-order valence-electron chi connectivity index (χ3n) is 3.11. The molecule has 1 aromatic carbocycles. The van der Waals surface area contributed by atoms with E-state index >= 15 is 0 Å². The van der Waals surface area contributed by atoms with Gasteiger partial charge < -0.3 is 14.6 Å². The molecule has 0 amide bonds. The first-order valence-corrected chi connectivity index (χ1v) is 7.58. The van der Waals surface area contributed by atoms with Gasteiger partial charge in [0.15, 0.2) is 0 Å². The van der Waals surface area contributed by atoms with Crippen molar-refractivity contribution in [2.45, 2.75) is 33.0 Å². The van der Waals surface area contributed by atoms with Crippen LogP contribution in [0.5, 0.6) is 5.75 Å². The van der Waals surface area contributed by atoms with Crippen molar-refractivity contribution < 1.29 is 4.74 Å². The van der Waals surface area contributed by atoms with E-state index in [0.29, 0.717) is 6.04 Å². The normalized spacial score (nSPS) is 11.1. The fraction of sp³-hybridized carbons (Fsp3) is 0.375. The summed E-state index contributed by atoms with van der Waals surface area (Å²) >= 11 is 3.52. The van der Waals surface area contributed by atoms with Gasteiger partial charge in [-0.2, -0.15) is 0 Å². The van der Waals surface area contributed by atoms with Gasteiger partial charge in [0, 0.05) is 31.5 Å². The van der Waals surface area contributed by atoms with Crippen molar-refractivity contribution in [3.63, 3.8) is 0 Å². The number of hydrogen-bond acceptors (Lipinski definition) is 2. The number of hydrogen-bond donors (Lipinski definition) is 1. The zero-order valence-corrected chi connectivity index (χ0v) is 13.8. The highest BCUT2D eigenvalue weighted by molar-refractivity contribution is 9.10. The minimum Gasteiger partial charge on any atom is -0.496 e. The Kier molecular flexibility index (Phi) is 5.26. The van der Waals surface area contributed by atoms with Crippen LogP contribution in [0.25, 0.3) is 0 Å². The van der Waals surface area contributed by atoms with Crippen molar-refractivity contribution in [1.29, 1.82) is 0 Å². The first kappa shape index (κ1) is 15.1. The Balaban J connectivity index is 2.01. The van der Waals surface area contributed by atoms with Crippen molar-refractivity contribution in [1.82, 2.24) is 9.88 Å². The summed E-state index contributed by atoms with van der Waals surface area (Å²) in [7, 11) is 1.68. The molecule has 3 nitrogen and oxygen atoms in total. The quantitative estimate of drug-likeness (QED) is 0.868. The molecule has 0 aliphatic carbocycles. The van der Waals surface area contributed by atoms with Crippen molar-refractivity contribution >= 4 is 15.9 Å². The topological polar surface area (TPSA) is 26.2 Å². The number of nitrogens with zero attached hydrogens (tertiary/aromatic N) is 1. The summed E-state index contributed by atoms with van der Waals surface area (Å²) in [6.45, 7) is 6.10. The van der Waals surface area contributed by atoms with Crippen molar-refractivity contribution in [3.8, 4) is 5.75 Å². The van der Waals surface area contributed by atoms with E-state index in [1.807, 2.05) is 6.07 Å². The van der Waals surface area contributed by atoms with E-state index in [1.54, 1.807) is 7.11 Å². The van der Waals surface area contributed by atoms with Gasteiger partial charge in [-0.15, -0.1) is 0 Å². The van der Waals surface area contributed by atoms with E-state index in [2.05, 4.69) is 70.3 Å². The smallest absolute Gasteiger partial charge is 0.133 e. The molecule has 4 heteroatoms. The van der Waals surface area contributed by atoms with Crippen LogP contribution in [-0.2, 0) is 13.1 Å². The van der Waals surface area contributed by atoms with Crippen LogP contribution in [0.1, 0.15) is 25.0 Å². The average molecular weight is 337 g/mol. The molecule has 0 spiro atoms. The highest BCUT2D eigenvalue weighted by Gasteiger charge is 2.03. The molecule has 0 bridgehead atoms. The molecule has 0 aliphatic rings. The molecule has 1 aromatic heterocycles. The Hall–Kier alpha value is -1.26. The van der Waals surface area contributed by atoms with Gasteiger partial charge in [-0.25, -0.2) is 0 Å². The molecule has 0 saturated carbocycles. The van der Waals surface area contributed by atoms with Crippen molar-refractivity contribution in [2.24, 2.45) is 0 Å². The molecular weight excluding hydrogens is 316 g/mol. The largest absolute Gasteiger partial charge is 0.496 e. The van der Waals surface area contributed by atoms with E-state index in [0.717, 1.165) is 23.3 Å². The van der Waals surface area contributed by atoms with E-state index < -0.39 is 0 Å². The maximum Gasteiger partial charge on any atom is 0.133 e. The molecule has 2 aromatic rings. The summed E-state index contributed by atoms with van der Waals surface area (Å²) in [5.41, 5.74) is 2.56. The molecule has 0 radical (unpaired) electrons. The van der Waals surface area contributed by atoms with E-state index in [4.69, 9.17) is 4.74 Å². The van der Waals surface area contributed by atoms with E-state index in [-0.39, 0.29) is 0 Å². The second kappa shape index (κ2) is 6.95. The van der Waals surface area contributed by atoms with Crippen molar-refractivity contribution in [2.75, 3.05) is 7.11 Å². The molecule has 0 atom stereocenters. The summed E-state index contributed by atoms with van der Waals surface area (Å²) in [5.74, 6) is 0.864. The van der Waals surface area contributed by atoms with Gasteiger partial charge in [0.05, 0.1) is 11.6 Å². The monoisotopic (exact) mass is 336 g/mol. The van der Waals surface area contributed by atoms with Gasteiger partial charge >= 0.3 is 0 Å². The van der Waals surface area contributed by atoms with Crippen LogP contribution in [-0.4, -0.2) is 17.7 Å². The standard InChI is InChI=1S/C16H21BrN2O/c1-12(2)18-9-14-6-7-19(11-14)10-13-4-5-16(20-3)15(17)8-13/h4-8,11-12,18H,9-10H2,1-3H3.